The first-order valence-electron chi connectivity index (χ1n) is 8.13. The summed E-state index contributed by atoms with van der Waals surface area (Å²) in [6.45, 7) is 7.84. The van der Waals surface area contributed by atoms with Gasteiger partial charge in [-0.1, -0.05) is 0 Å². The van der Waals surface area contributed by atoms with Crippen molar-refractivity contribution in [2.45, 2.75) is 52.6 Å². The first-order chi connectivity index (χ1) is 11.0. The molecule has 6 nitrogen and oxygen atoms in total. The minimum absolute atomic E-state index is 0.0337. The van der Waals surface area contributed by atoms with Crippen LogP contribution in [0.1, 0.15) is 67.0 Å². The van der Waals surface area contributed by atoms with E-state index in [0.717, 1.165) is 18.6 Å². The number of esters is 1. The van der Waals surface area contributed by atoms with Crippen molar-refractivity contribution < 1.29 is 27.6 Å². The molecular formula is C16H25O6P. The molecule has 0 spiro atoms. The summed E-state index contributed by atoms with van der Waals surface area (Å²) in [5, 5.41) is 0. The Bertz CT molecular complexity index is 592. The van der Waals surface area contributed by atoms with Gasteiger partial charge in [-0.05, 0) is 40.5 Å². The molecule has 0 unspecified atom stereocenters. The Morgan fingerprint density at radius 2 is 1.78 bits per heavy atom. The second-order valence-corrected chi connectivity index (χ2v) is 7.53. The summed E-state index contributed by atoms with van der Waals surface area (Å²) < 4.78 is 34.6. The summed E-state index contributed by atoms with van der Waals surface area (Å²) >= 11 is 0. The summed E-state index contributed by atoms with van der Waals surface area (Å²) in [6, 6.07) is 0. The van der Waals surface area contributed by atoms with Crippen molar-refractivity contribution in [1.82, 2.24) is 0 Å². The van der Waals surface area contributed by atoms with Gasteiger partial charge in [0.05, 0.1) is 26.0 Å². The molecule has 1 aromatic rings. The Morgan fingerprint density at radius 3 is 2.26 bits per heavy atom. The van der Waals surface area contributed by atoms with Crippen molar-refractivity contribution >= 4 is 13.6 Å². The predicted octanol–water partition coefficient (Wildman–Crippen LogP) is 4.41. The van der Waals surface area contributed by atoms with E-state index in [1.54, 1.807) is 27.7 Å². The van der Waals surface area contributed by atoms with Crippen LogP contribution >= 0.6 is 7.60 Å². The first-order valence-corrected chi connectivity index (χ1v) is 9.85. The third-order valence-corrected chi connectivity index (χ3v) is 5.65. The lowest BCUT2D eigenvalue weighted by molar-refractivity contribution is 0.0523. The van der Waals surface area contributed by atoms with Crippen LogP contribution in [0.15, 0.2) is 4.42 Å². The Kier molecular flexibility index (Phi) is 6.06. The fraction of sp³-hybridized carbons (Fsp3) is 0.688. The van der Waals surface area contributed by atoms with E-state index in [0.29, 0.717) is 16.9 Å². The van der Waals surface area contributed by atoms with Gasteiger partial charge in [0.15, 0.2) is 0 Å². The molecule has 7 heteroatoms. The maximum Gasteiger partial charge on any atom is 0.341 e. The molecule has 1 aliphatic rings. The van der Waals surface area contributed by atoms with Gasteiger partial charge in [0.1, 0.15) is 17.1 Å². The molecule has 0 N–H and O–H groups in total. The molecule has 0 radical (unpaired) electrons. The normalized spacial score (nSPS) is 15.0. The molecule has 0 aliphatic heterocycles. The fourth-order valence-electron chi connectivity index (χ4n) is 2.63. The minimum atomic E-state index is -3.32. The molecule has 1 aliphatic carbocycles. The van der Waals surface area contributed by atoms with Crippen molar-refractivity contribution in [3.8, 4) is 0 Å². The molecule has 2 rings (SSSR count). The molecule has 0 aromatic carbocycles. The van der Waals surface area contributed by atoms with E-state index in [9.17, 15) is 9.36 Å². The lowest BCUT2D eigenvalue weighted by Gasteiger charge is -2.17. The molecule has 0 saturated heterocycles. The highest BCUT2D eigenvalue weighted by molar-refractivity contribution is 7.53. The van der Waals surface area contributed by atoms with Crippen LogP contribution in [0, 0.1) is 6.92 Å². The number of aryl methyl sites for hydroxylation is 1. The van der Waals surface area contributed by atoms with Gasteiger partial charge in [0, 0.05) is 11.5 Å². The van der Waals surface area contributed by atoms with Gasteiger partial charge >= 0.3 is 13.6 Å². The average Bonchev–Trinajstić information content (AvgIpc) is 3.25. The number of carbonyl (C=O) groups excluding carboxylic acids is 1. The number of hydrogen-bond donors (Lipinski definition) is 0. The van der Waals surface area contributed by atoms with Crippen molar-refractivity contribution in [3.63, 3.8) is 0 Å². The molecule has 130 valence electrons. The maximum atomic E-state index is 12.9. The van der Waals surface area contributed by atoms with Crippen LogP contribution in [0.3, 0.4) is 0 Å². The van der Waals surface area contributed by atoms with Gasteiger partial charge in [-0.15, -0.1) is 0 Å². The van der Waals surface area contributed by atoms with Crippen LogP contribution in [-0.4, -0.2) is 25.8 Å². The molecule has 23 heavy (non-hydrogen) atoms. The van der Waals surface area contributed by atoms with Crippen LogP contribution in [0.25, 0.3) is 0 Å². The van der Waals surface area contributed by atoms with E-state index >= 15 is 0 Å². The number of ether oxygens (including phenoxy) is 1. The summed E-state index contributed by atoms with van der Waals surface area (Å²) in [5.74, 6) is 1.06. The van der Waals surface area contributed by atoms with Gasteiger partial charge in [0.25, 0.3) is 0 Å². The largest absolute Gasteiger partial charge is 0.465 e. The van der Waals surface area contributed by atoms with Gasteiger partial charge < -0.3 is 18.2 Å². The van der Waals surface area contributed by atoms with E-state index in [2.05, 4.69) is 0 Å². The zero-order chi connectivity index (χ0) is 17.0. The van der Waals surface area contributed by atoms with Gasteiger partial charge in [0.2, 0.25) is 0 Å². The Hall–Kier alpha value is -1.10. The standard InChI is InChI=1S/C16H25O6P/c1-5-19-16(17)14-11(4)22-15(12-8-9-12)13(14)10-23(18,20-6-2)21-7-3/h12H,5-10H2,1-4H3. The number of furan rings is 1. The predicted molar refractivity (Wildman–Crippen MR) is 85.9 cm³/mol. The Morgan fingerprint density at radius 1 is 1.17 bits per heavy atom. The van der Waals surface area contributed by atoms with Crippen molar-refractivity contribution in [1.29, 1.82) is 0 Å². The molecule has 1 aromatic heterocycles. The quantitative estimate of drug-likeness (QED) is 0.488. The highest BCUT2D eigenvalue weighted by Gasteiger charge is 2.38. The molecule has 0 amide bonds. The zero-order valence-corrected chi connectivity index (χ0v) is 15.1. The highest BCUT2D eigenvalue weighted by Crippen LogP contribution is 2.55. The summed E-state index contributed by atoms with van der Waals surface area (Å²) in [7, 11) is -3.32. The minimum Gasteiger partial charge on any atom is -0.465 e. The molecular weight excluding hydrogens is 319 g/mol. The summed E-state index contributed by atoms with van der Waals surface area (Å²) in [6.07, 6.45) is 2.05. The molecule has 1 saturated carbocycles. The smallest absolute Gasteiger partial charge is 0.341 e. The maximum absolute atomic E-state index is 12.9. The Balaban J connectivity index is 2.41. The van der Waals surface area contributed by atoms with Crippen LogP contribution in [-0.2, 0) is 24.5 Å². The topological polar surface area (TPSA) is 75.0 Å². The van der Waals surface area contributed by atoms with Crippen LogP contribution in [0.4, 0.5) is 0 Å². The summed E-state index contributed by atoms with van der Waals surface area (Å²) in [4.78, 5) is 12.3. The SMILES string of the molecule is CCOC(=O)c1c(C)oc(C2CC2)c1CP(=O)(OCC)OCC. The van der Waals surface area contributed by atoms with Crippen LogP contribution < -0.4 is 0 Å². The zero-order valence-electron chi connectivity index (χ0n) is 14.2. The monoisotopic (exact) mass is 344 g/mol. The molecule has 0 atom stereocenters. The second kappa shape index (κ2) is 7.65. The lowest BCUT2D eigenvalue weighted by atomic mass is 10.1. The van der Waals surface area contributed by atoms with E-state index in [1.807, 2.05) is 0 Å². The Labute approximate surface area is 137 Å². The van der Waals surface area contributed by atoms with Gasteiger partial charge in [-0.2, -0.15) is 0 Å². The molecule has 1 fully saturated rings. The number of hydrogen-bond acceptors (Lipinski definition) is 6. The lowest BCUT2D eigenvalue weighted by Crippen LogP contribution is -2.09. The third kappa shape index (κ3) is 4.25. The third-order valence-electron chi connectivity index (χ3n) is 3.65. The van der Waals surface area contributed by atoms with E-state index in [4.69, 9.17) is 18.2 Å². The van der Waals surface area contributed by atoms with E-state index in [-0.39, 0.29) is 31.9 Å². The second-order valence-electron chi connectivity index (χ2n) is 5.48. The van der Waals surface area contributed by atoms with Gasteiger partial charge in [-0.25, -0.2) is 4.79 Å². The first kappa shape index (κ1) is 18.2. The number of carbonyl (C=O) groups is 1. The van der Waals surface area contributed by atoms with E-state index < -0.39 is 13.6 Å². The summed E-state index contributed by atoms with van der Waals surface area (Å²) in [5.41, 5.74) is 0.988. The van der Waals surface area contributed by atoms with Crippen molar-refractivity contribution in [2.75, 3.05) is 19.8 Å². The van der Waals surface area contributed by atoms with Crippen LogP contribution in [0.5, 0.6) is 0 Å². The van der Waals surface area contributed by atoms with E-state index in [1.165, 1.54) is 0 Å². The van der Waals surface area contributed by atoms with Crippen molar-refractivity contribution in [2.24, 2.45) is 0 Å². The fourth-order valence-corrected chi connectivity index (χ4v) is 4.38. The van der Waals surface area contributed by atoms with Crippen molar-refractivity contribution in [3.05, 3.63) is 22.6 Å². The number of rotatable bonds is 9. The average molecular weight is 344 g/mol. The molecule has 0 bridgehead atoms. The highest BCUT2D eigenvalue weighted by atomic mass is 31.2. The van der Waals surface area contributed by atoms with Crippen LogP contribution in [0.2, 0.25) is 0 Å². The van der Waals surface area contributed by atoms with Gasteiger partial charge in [-0.3, -0.25) is 4.57 Å². The molecule has 1 heterocycles.